The van der Waals surface area contributed by atoms with Gasteiger partial charge in [0.15, 0.2) is 6.10 Å². The third kappa shape index (κ3) is 1.89. The molecule has 6 heteroatoms. The van der Waals surface area contributed by atoms with Gasteiger partial charge in [0, 0.05) is 23.6 Å². The molecule has 2 rings (SSSR count). The number of benzene rings is 1. The summed E-state index contributed by atoms with van der Waals surface area (Å²) >= 11 is 0. The number of anilines is 1. The van der Waals surface area contributed by atoms with Crippen LogP contribution >= 0.6 is 0 Å². The lowest BCUT2D eigenvalue weighted by atomic mass is 10.0. The quantitative estimate of drug-likeness (QED) is 0.498. The van der Waals surface area contributed by atoms with Gasteiger partial charge in [-0.1, -0.05) is 0 Å². The smallest absolute Gasteiger partial charge is 0.170 e. The molecule has 2 atom stereocenters. The van der Waals surface area contributed by atoms with Crippen LogP contribution < -0.4 is 5.73 Å². The van der Waals surface area contributed by atoms with Gasteiger partial charge in [0.2, 0.25) is 0 Å². The van der Waals surface area contributed by atoms with Gasteiger partial charge >= 0.3 is 0 Å². The van der Waals surface area contributed by atoms with E-state index in [2.05, 4.69) is 9.97 Å². The van der Waals surface area contributed by atoms with Gasteiger partial charge in [-0.3, -0.25) is 9.97 Å². The Morgan fingerprint density at radius 3 is 2.65 bits per heavy atom. The molecular weight excluding hydrogens is 220 g/mol. The van der Waals surface area contributed by atoms with E-state index >= 15 is 0 Å². The summed E-state index contributed by atoms with van der Waals surface area (Å²) in [5.41, 5.74) is 7.15. The fourth-order valence-corrected chi connectivity index (χ4v) is 1.61. The summed E-state index contributed by atoms with van der Waals surface area (Å²) in [6.45, 7) is 0. The van der Waals surface area contributed by atoms with Crippen molar-refractivity contribution in [2.75, 3.05) is 5.73 Å². The maximum absolute atomic E-state index is 9.85. The molecule has 4 N–H and O–H groups in total. The van der Waals surface area contributed by atoms with E-state index in [1.165, 1.54) is 12.4 Å². The first-order valence-corrected chi connectivity index (χ1v) is 4.90. The molecule has 0 aliphatic carbocycles. The van der Waals surface area contributed by atoms with Gasteiger partial charge in [0.05, 0.1) is 17.1 Å². The Morgan fingerprint density at radius 1 is 1.24 bits per heavy atom. The number of nitrogens with two attached hydrogens (primary N) is 1. The Balaban J connectivity index is 2.67. The first-order chi connectivity index (χ1) is 8.15. The Bertz CT molecular complexity index is 594. The fourth-order valence-electron chi connectivity index (χ4n) is 1.61. The van der Waals surface area contributed by atoms with Crippen molar-refractivity contribution in [1.82, 2.24) is 9.97 Å². The molecule has 1 aromatic heterocycles. The average Bonchev–Trinajstić information content (AvgIpc) is 2.37. The number of aliphatic hydroxyl groups excluding tert-OH is 2. The minimum Gasteiger partial charge on any atom is -0.398 e. The van der Waals surface area contributed by atoms with Crippen molar-refractivity contribution in [3.8, 4) is 6.07 Å². The van der Waals surface area contributed by atoms with E-state index in [0.717, 1.165) is 0 Å². The molecule has 2 aromatic rings. The summed E-state index contributed by atoms with van der Waals surface area (Å²) in [6.07, 6.45) is 0.0110. The second-order valence-electron chi connectivity index (χ2n) is 3.51. The number of hydrogen-bond donors (Lipinski definition) is 3. The van der Waals surface area contributed by atoms with E-state index in [4.69, 9.17) is 11.0 Å². The minimum absolute atomic E-state index is 0.227. The predicted molar refractivity (Wildman–Crippen MR) is 60.5 cm³/mol. The third-order valence-corrected chi connectivity index (χ3v) is 2.44. The number of nitriles is 1. The van der Waals surface area contributed by atoms with Gasteiger partial charge in [0.25, 0.3) is 0 Å². The molecule has 0 amide bonds. The highest BCUT2D eigenvalue weighted by Gasteiger charge is 2.23. The SMILES string of the molecule is N#CC(O)C(O)c1c(N)ccc2nccnc12. The zero-order chi connectivity index (χ0) is 12.4. The van der Waals surface area contributed by atoms with Crippen LogP contribution in [0, 0.1) is 11.3 Å². The Labute approximate surface area is 97.0 Å². The maximum Gasteiger partial charge on any atom is 0.170 e. The zero-order valence-corrected chi connectivity index (χ0v) is 8.78. The molecular formula is C11H10N4O2. The number of nitrogen functional groups attached to an aromatic ring is 1. The summed E-state index contributed by atoms with van der Waals surface area (Å²) in [6, 6.07) is 4.77. The summed E-state index contributed by atoms with van der Waals surface area (Å²) in [5, 5.41) is 27.8. The lowest BCUT2D eigenvalue weighted by Crippen LogP contribution is -2.18. The van der Waals surface area contributed by atoms with Crippen molar-refractivity contribution in [3.63, 3.8) is 0 Å². The van der Waals surface area contributed by atoms with E-state index in [1.54, 1.807) is 18.2 Å². The number of rotatable bonds is 2. The van der Waals surface area contributed by atoms with Crippen LogP contribution in [0.2, 0.25) is 0 Å². The van der Waals surface area contributed by atoms with E-state index in [9.17, 15) is 10.2 Å². The van der Waals surface area contributed by atoms with Crippen LogP contribution in [-0.4, -0.2) is 26.3 Å². The first-order valence-electron chi connectivity index (χ1n) is 4.90. The highest BCUT2D eigenvalue weighted by molar-refractivity contribution is 5.83. The van der Waals surface area contributed by atoms with E-state index in [0.29, 0.717) is 11.0 Å². The van der Waals surface area contributed by atoms with Gasteiger partial charge in [-0.25, -0.2) is 0 Å². The molecule has 0 bridgehead atoms. The Hall–Kier alpha value is -2.23. The molecule has 17 heavy (non-hydrogen) atoms. The molecule has 6 nitrogen and oxygen atoms in total. The van der Waals surface area contributed by atoms with Gasteiger partial charge in [-0.2, -0.15) is 5.26 Å². The van der Waals surface area contributed by atoms with Crippen LogP contribution in [0.5, 0.6) is 0 Å². The zero-order valence-electron chi connectivity index (χ0n) is 8.78. The molecule has 0 saturated heterocycles. The van der Waals surface area contributed by atoms with Crippen LogP contribution in [0.25, 0.3) is 11.0 Å². The normalized spacial score (nSPS) is 14.2. The summed E-state index contributed by atoms with van der Waals surface area (Å²) in [7, 11) is 0. The van der Waals surface area contributed by atoms with Crippen molar-refractivity contribution in [2.45, 2.75) is 12.2 Å². The van der Waals surface area contributed by atoms with Gasteiger partial charge < -0.3 is 15.9 Å². The van der Waals surface area contributed by atoms with Gasteiger partial charge in [-0.15, -0.1) is 0 Å². The average molecular weight is 230 g/mol. The van der Waals surface area contributed by atoms with Crippen molar-refractivity contribution < 1.29 is 10.2 Å². The van der Waals surface area contributed by atoms with Gasteiger partial charge in [-0.05, 0) is 12.1 Å². The number of aliphatic hydroxyl groups is 2. The third-order valence-electron chi connectivity index (χ3n) is 2.44. The first kappa shape index (κ1) is 11.3. The molecule has 0 aliphatic heterocycles. The lowest BCUT2D eigenvalue weighted by molar-refractivity contribution is 0.0541. The fraction of sp³-hybridized carbons (Fsp3) is 0.182. The minimum atomic E-state index is -1.55. The molecule has 2 unspecified atom stereocenters. The van der Waals surface area contributed by atoms with E-state index in [-0.39, 0.29) is 11.3 Å². The number of nitrogens with zero attached hydrogens (tertiary/aromatic N) is 3. The van der Waals surface area contributed by atoms with Crippen molar-refractivity contribution >= 4 is 16.7 Å². The van der Waals surface area contributed by atoms with Crippen molar-refractivity contribution in [1.29, 1.82) is 5.26 Å². The predicted octanol–water partition coefficient (Wildman–Crippen LogP) is 0.130. The molecule has 1 heterocycles. The summed E-state index contributed by atoms with van der Waals surface area (Å²) < 4.78 is 0. The highest BCUT2D eigenvalue weighted by Crippen LogP contribution is 2.29. The largest absolute Gasteiger partial charge is 0.398 e. The topological polar surface area (TPSA) is 116 Å². The Morgan fingerprint density at radius 2 is 1.94 bits per heavy atom. The van der Waals surface area contributed by atoms with E-state index < -0.39 is 12.2 Å². The number of fused-ring (bicyclic) bond motifs is 1. The van der Waals surface area contributed by atoms with E-state index in [1.807, 2.05) is 0 Å². The lowest BCUT2D eigenvalue weighted by Gasteiger charge is -2.15. The number of hydrogen-bond acceptors (Lipinski definition) is 6. The molecule has 0 aliphatic rings. The van der Waals surface area contributed by atoms with Crippen LogP contribution in [0.15, 0.2) is 24.5 Å². The maximum atomic E-state index is 9.85. The van der Waals surface area contributed by atoms with Crippen LogP contribution in [-0.2, 0) is 0 Å². The molecule has 1 aromatic carbocycles. The second kappa shape index (κ2) is 4.33. The Kier molecular flexibility index (Phi) is 2.87. The van der Waals surface area contributed by atoms with Crippen LogP contribution in [0.4, 0.5) is 5.69 Å². The number of aromatic nitrogens is 2. The molecule has 0 saturated carbocycles. The van der Waals surface area contributed by atoms with Crippen LogP contribution in [0.1, 0.15) is 11.7 Å². The standard InChI is InChI=1S/C11H10N4O2/c12-5-8(16)11(17)9-6(13)1-2-7-10(9)15-4-3-14-7/h1-4,8,11,16-17H,13H2. The molecule has 86 valence electrons. The van der Waals surface area contributed by atoms with Crippen LogP contribution in [0.3, 0.4) is 0 Å². The highest BCUT2D eigenvalue weighted by atomic mass is 16.3. The van der Waals surface area contributed by atoms with Crippen molar-refractivity contribution in [2.24, 2.45) is 0 Å². The van der Waals surface area contributed by atoms with Crippen molar-refractivity contribution in [3.05, 3.63) is 30.1 Å². The summed E-state index contributed by atoms with van der Waals surface area (Å²) in [4.78, 5) is 8.11. The molecule has 0 radical (unpaired) electrons. The summed E-state index contributed by atoms with van der Waals surface area (Å²) in [5.74, 6) is 0. The molecule has 0 fully saturated rings. The van der Waals surface area contributed by atoms with Gasteiger partial charge in [0.1, 0.15) is 6.10 Å². The monoisotopic (exact) mass is 230 g/mol. The second-order valence-corrected chi connectivity index (χ2v) is 3.51. The molecule has 0 spiro atoms.